The number of nitrogens with zero attached hydrogens (tertiary/aromatic N) is 6. The van der Waals surface area contributed by atoms with Crippen LogP contribution in [-0.4, -0.2) is 56.7 Å². The number of pyridine rings is 1. The minimum absolute atomic E-state index is 0. The number of anilines is 2. The molecule has 3 aromatic heterocycles. The molecule has 0 atom stereocenters. The second kappa shape index (κ2) is 10.3. The summed E-state index contributed by atoms with van der Waals surface area (Å²) in [5, 5.41) is 4.90. The minimum atomic E-state index is 0. The molecule has 0 bridgehead atoms. The lowest BCUT2D eigenvalue weighted by atomic mass is 10.1. The highest BCUT2D eigenvalue weighted by Gasteiger charge is 2.21. The van der Waals surface area contributed by atoms with Gasteiger partial charge in [-0.2, -0.15) is 0 Å². The maximum absolute atomic E-state index is 5.87. The van der Waals surface area contributed by atoms with Crippen molar-refractivity contribution in [3.8, 4) is 11.3 Å². The van der Waals surface area contributed by atoms with Gasteiger partial charge in [-0.25, -0.2) is 14.5 Å². The molecule has 1 saturated heterocycles. The maximum atomic E-state index is 5.87. The summed E-state index contributed by atoms with van der Waals surface area (Å²) in [4.78, 5) is 13.6. The molecule has 2 N–H and O–H groups in total. The van der Waals surface area contributed by atoms with E-state index in [-0.39, 0.29) is 37.2 Å². The summed E-state index contributed by atoms with van der Waals surface area (Å²) >= 11 is 0. The third-order valence-corrected chi connectivity index (χ3v) is 5.06. The monoisotopic (exact) mass is 459 g/mol. The zero-order valence-electron chi connectivity index (χ0n) is 16.8. The molecule has 4 rings (SSSR count). The van der Waals surface area contributed by atoms with Crippen LogP contribution in [0.5, 0.6) is 0 Å². The van der Waals surface area contributed by atoms with Crippen LogP contribution in [-0.2, 0) is 0 Å². The summed E-state index contributed by atoms with van der Waals surface area (Å²) in [6.07, 6.45) is 1.72. The zero-order chi connectivity index (χ0) is 18.3. The van der Waals surface area contributed by atoms with E-state index in [0.29, 0.717) is 11.9 Å². The molecule has 10 heteroatoms. The Morgan fingerprint density at radius 1 is 1.00 bits per heavy atom. The molecule has 160 valence electrons. The van der Waals surface area contributed by atoms with Gasteiger partial charge in [-0.15, -0.1) is 42.3 Å². The lowest BCUT2D eigenvalue weighted by Gasteiger charge is -2.37. The lowest BCUT2D eigenvalue weighted by molar-refractivity contribution is 0.209. The predicted octanol–water partition coefficient (Wildman–Crippen LogP) is 3.48. The van der Waals surface area contributed by atoms with E-state index in [1.165, 1.54) is 0 Å². The number of hydrogen-bond donors (Lipinski definition) is 1. The van der Waals surface area contributed by atoms with Crippen LogP contribution in [0.15, 0.2) is 30.5 Å². The Kier molecular flexibility index (Phi) is 8.96. The van der Waals surface area contributed by atoms with E-state index in [9.17, 15) is 0 Å². The van der Waals surface area contributed by atoms with Crippen molar-refractivity contribution in [1.82, 2.24) is 24.5 Å². The van der Waals surface area contributed by atoms with Crippen LogP contribution >= 0.6 is 37.2 Å². The van der Waals surface area contributed by atoms with E-state index in [1.807, 2.05) is 29.6 Å². The number of nitrogens with two attached hydrogens (primary N) is 1. The average molecular weight is 461 g/mol. The van der Waals surface area contributed by atoms with Crippen molar-refractivity contribution in [2.75, 3.05) is 36.8 Å². The molecule has 3 aromatic rings. The fraction of sp³-hybridized carbons (Fsp3) is 0.421. The van der Waals surface area contributed by atoms with Gasteiger partial charge in [-0.05, 0) is 45.0 Å². The first kappa shape index (κ1) is 25.2. The van der Waals surface area contributed by atoms with Gasteiger partial charge in [0, 0.05) is 44.0 Å². The van der Waals surface area contributed by atoms with E-state index in [1.54, 1.807) is 6.20 Å². The van der Waals surface area contributed by atoms with Gasteiger partial charge in [0.15, 0.2) is 5.65 Å². The van der Waals surface area contributed by atoms with E-state index in [0.717, 1.165) is 54.6 Å². The summed E-state index contributed by atoms with van der Waals surface area (Å²) in [7, 11) is 0. The zero-order valence-corrected chi connectivity index (χ0v) is 19.2. The van der Waals surface area contributed by atoms with Crippen LogP contribution in [0.25, 0.3) is 16.9 Å². The molecular weight excluding hydrogens is 433 g/mol. The predicted molar refractivity (Wildman–Crippen MR) is 126 cm³/mol. The first-order chi connectivity index (χ1) is 12.5. The average Bonchev–Trinajstić information content (AvgIpc) is 2.96. The molecule has 4 heterocycles. The lowest BCUT2D eigenvalue weighted by Crippen LogP contribution is -2.49. The van der Waals surface area contributed by atoms with Crippen LogP contribution in [0.1, 0.15) is 19.5 Å². The Morgan fingerprint density at radius 3 is 2.31 bits per heavy atom. The summed E-state index contributed by atoms with van der Waals surface area (Å²) in [5.41, 5.74) is 9.60. The second-order valence-corrected chi connectivity index (χ2v) is 7.09. The van der Waals surface area contributed by atoms with Gasteiger partial charge in [0.2, 0.25) is 0 Å². The van der Waals surface area contributed by atoms with Crippen molar-refractivity contribution >= 4 is 54.5 Å². The molecule has 0 spiro atoms. The van der Waals surface area contributed by atoms with Gasteiger partial charge in [-0.3, -0.25) is 4.90 Å². The molecule has 0 aromatic carbocycles. The highest BCUT2D eigenvalue weighted by Crippen LogP contribution is 2.26. The number of imidazole rings is 1. The Labute approximate surface area is 189 Å². The van der Waals surface area contributed by atoms with Crippen LogP contribution in [0, 0.1) is 6.92 Å². The van der Waals surface area contributed by atoms with Crippen molar-refractivity contribution in [2.45, 2.75) is 26.8 Å². The van der Waals surface area contributed by atoms with E-state index < -0.39 is 0 Å². The van der Waals surface area contributed by atoms with Crippen LogP contribution in [0.2, 0.25) is 0 Å². The quantitative estimate of drug-likeness (QED) is 0.645. The summed E-state index contributed by atoms with van der Waals surface area (Å²) in [5.74, 6) is 1.49. The number of fused-ring (bicyclic) bond motifs is 1. The number of hydrogen-bond acceptors (Lipinski definition) is 6. The Balaban J connectivity index is 0.00000140. The van der Waals surface area contributed by atoms with Gasteiger partial charge in [0.25, 0.3) is 0 Å². The largest absolute Gasteiger partial charge is 0.384 e. The maximum Gasteiger partial charge on any atom is 0.154 e. The minimum Gasteiger partial charge on any atom is -0.384 e. The van der Waals surface area contributed by atoms with Crippen LogP contribution < -0.4 is 10.6 Å². The van der Waals surface area contributed by atoms with Crippen molar-refractivity contribution in [3.63, 3.8) is 0 Å². The highest BCUT2D eigenvalue weighted by atomic mass is 35.5. The van der Waals surface area contributed by atoms with Gasteiger partial charge in [-0.1, -0.05) is 0 Å². The van der Waals surface area contributed by atoms with Gasteiger partial charge >= 0.3 is 0 Å². The number of piperazine rings is 1. The van der Waals surface area contributed by atoms with Crippen molar-refractivity contribution < 1.29 is 0 Å². The van der Waals surface area contributed by atoms with E-state index in [2.05, 4.69) is 39.7 Å². The van der Waals surface area contributed by atoms with Crippen LogP contribution in [0.3, 0.4) is 0 Å². The summed E-state index contributed by atoms with van der Waals surface area (Å²) < 4.78 is 1.92. The van der Waals surface area contributed by atoms with E-state index in [4.69, 9.17) is 10.8 Å². The third-order valence-electron chi connectivity index (χ3n) is 5.06. The molecule has 0 aliphatic carbocycles. The normalized spacial score (nSPS) is 14.3. The Morgan fingerprint density at radius 2 is 1.69 bits per heavy atom. The highest BCUT2D eigenvalue weighted by molar-refractivity contribution is 5.86. The van der Waals surface area contributed by atoms with Crippen LogP contribution in [0.4, 0.5) is 11.6 Å². The number of halogens is 3. The summed E-state index contributed by atoms with van der Waals surface area (Å²) in [6, 6.07) is 8.51. The topological polar surface area (TPSA) is 75.6 Å². The number of rotatable bonds is 3. The fourth-order valence-corrected chi connectivity index (χ4v) is 3.60. The molecule has 1 aliphatic heterocycles. The number of nitrogen functional groups attached to an aromatic ring is 1. The van der Waals surface area contributed by atoms with Gasteiger partial charge in [0.1, 0.15) is 11.6 Å². The standard InChI is InChI=1S/C19H25N7.3ClH/c1-13(2)24-8-10-25(11-9-24)18-5-4-17-22-14(3)19(26(17)23-18)15-6-7-21-16(20)12-15;;;/h4-7,12-13H,8-11H2,1-3H3,(H2,20,21);3*1H. The number of aryl methyl sites for hydroxylation is 1. The van der Waals surface area contributed by atoms with Gasteiger partial charge in [0.05, 0.1) is 11.4 Å². The van der Waals surface area contributed by atoms with Crippen molar-refractivity contribution in [3.05, 3.63) is 36.2 Å². The van der Waals surface area contributed by atoms with Crippen molar-refractivity contribution in [1.29, 1.82) is 0 Å². The SMILES string of the molecule is Cc1nc2ccc(N3CCN(C(C)C)CC3)nn2c1-c1ccnc(N)c1.Cl.Cl.Cl. The Hall–Kier alpha value is -1.80. The smallest absolute Gasteiger partial charge is 0.154 e. The molecule has 0 radical (unpaired) electrons. The van der Waals surface area contributed by atoms with Crippen molar-refractivity contribution in [2.24, 2.45) is 0 Å². The Bertz CT molecular complexity index is 937. The molecule has 7 nitrogen and oxygen atoms in total. The third kappa shape index (κ3) is 5.04. The molecule has 0 unspecified atom stereocenters. The van der Waals surface area contributed by atoms with Gasteiger partial charge < -0.3 is 10.6 Å². The molecule has 1 aliphatic rings. The molecule has 0 saturated carbocycles. The fourth-order valence-electron chi connectivity index (χ4n) is 3.60. The molecule has 29 heavy (non-hydrogen) atoms. The summed E-state index contributed by atoms with van der Waals surface area (Å²) in [6.45, 7) is 10.6. The van der Waals surface area contributed by atoms with E-state index >= 15 is 0 Å². The first-order valence-electron chi connectivity index (χ1n) is 9.10. The second-order valence-electron chi connectivity index (χ2n) is 7.09. The number of aromatic nitrogens is 4. The molecular formula is C19H28Cl3N7. The molecule has 0 amide bonds. The molecule has 1 fully saturated rings. The first-order valence-corrected chi connectivity index (χ1v) is 9.10.